The van der Waals surface area contributed by atoms with Gasteiger partial charge in [-0.1, -0.05) is 23.5 Å². The molecule has 1 aliphatic heterocycles. The summed E-state index contributed by atoms with van der Waals surface area (Å²) < 4.78 is 25.0. The van der Waals surface area contributed by atoms with Gasteiger partial charge in [-0.15, -0.1) is 0 Å². The molecular formula is C17H17FN4O6S. The minimum atomic E-state index is -2.14. The Kier molecular flexibility index (Phi) is 4.96. The van der Waals surface area contributed by atoms with Crippen molar-refractivity contribution in [2.24, 2.45) is 0 Å². The van der Waals surface area contributed by atoms with Crippen LogP contribution in [-0.2, 0) is 17.1 Å². The number of rotatable bonds is 5. The Morgan fingerprint density at radius 1 is 1.38 bits per heavy atom. The molecule has 0 unspecified atom stereocenters. The van der Waals surface area contributed by atoms with Crippen LogP contribution in [0.2, 0.25) is 0 Å². The minimum absolute atomic E-state index is 0.00777. The van der Waals surface area contributed by atoms with Crippen LogP contribution >= 0.6 is 11.3 Å². The summed E-state index contributed by atoms with van der Waals surface area (Å²) in [4.78, 5) is 20.0. The molecule has 0 saturated carbocycles. The molecule has 0 radical (unpaired) electrons. The van der Waals surface area contributed by atoms with E-state index >= 15 is 0 Å². The van der Waals surface area contributed by atoms with Gasteiger partial charge in [0.05, 0.1) is 13.2 Å². The van der Waals surface area contributed by atoms with Crippen LogP contribution in [0.4, 0.5) is 10.3 Å². The number of halogens is 1. The zero-order valence-corrected chi connectivity index (χ0v) is 15.7. The van der Waals surface area contributed by atoms with Gasteiger partial charge in [0, 0.05) is 0 Å². The van der Waals surface area contributed by atoms with Crippen LogP contribution in [0.3, 0.4) is 0 Å². The Labute approximate surface area is 166 Å². The molecule has 0 aliphatic carbocycles. The van der Waals surface area contributed by atoms with E-state index in [-0.39, 0.29) is 34.6 Å². The maximum absolute atomic E-state index is 13.0. The van der Waals surface area contributed by atoms with Crippen LogP contribution < -0.4 is 15.3 Å². The molecule has 1 aromatic carbocycles. The number of ether oxygens (including phenoxy) is 2. The lowest BCUT2D eigenvalue weighted by Gasteiger charge is -2.27. The lowest BCUT2D eigenvalue weighted by molar-refractivity contribution is -0.111. The summed E-state index contributed by atoms with van der Waals surface area (Å²) in [5.74, 6) is -0.591. The van der Waals surface area contributed by atoms with E-state index in [1.807, 2.05) is 0 Å². The second-order valence-electron chi connectivity index (χ2n) is 6.51. The number of nitrogen functional groups attached to an aromatic ring is 1. The first kappa shape index (κ1) is 19.7. The SMILES string of the molecule is Nc1nc(OCc2ccc(F)cc2)c2sc(=O)n([C@@]3(O)CO[C@H](CO)[C@H]3O)c2n1. The first-order chi connectivity index (χ1) is 13.8. The largest absolute Gasteiger partial charge is 0.472 e. The summed E-state index contributed by atoms with van der Waals surface area (Å²) >= 11 is 0.701. The molecule has 10 nitrogen and oxygen atoms in total. The first-order valence-electron chi connectivity index (χ1n) is 8.53. The number of hydrogen-bond donors (Lipinski definition) is 4. The Morgan fingerprint density at radius 3 is 2.76 bits per heavy atom. The Balaban J connectivity index is 1.74. The van der Waals surface area contributed by atoms with Crippen LogP contribution in [-0.4, -0.2) is 55.3 Å². The van der Waals surface area contributed by atoms with Gasteiger partial charge in [-0.3, -0.25) is 4.79 Å². The van der Waals surface area contributed by atoms with E-state index in [2.05, 4.69) is 9.97 Å². The summed E-state index contributed by atoms with van der Waals surface area (Å²) in [6.45, 7) is -0.940. The van der Waals surface area contributed by atoms with Crippen LogP contribution in [0.15, 0.2) is 29.1 Å². The molecule has 154 valence electrons. The molecule has 0 amide bonds. The molecule has 1 aliphatic rings. The third-order valence-electron chi connectivity index (χ3n) is 4.61. The van der Waals surface area contributed by atoms with Crippen molar-refractivity contribution < 1.29 is 29.2 Å². The number of aliphatic hydroxyl groups excluding tert-OH is 2. The highest BCUT2D eigenvalue weighted by Gasteiger charge is 2.51. The van der Waals surface area contributed by atoms with Gasteiger partial charge in [-0.25, -0.2) is 8.96 Å². The lowest BCUT2D eigenvalue weighted by atomic mass is 10.1. The van der Waals surface area contributed by atoms with Crippen molar-refractivity contribution in [3.05, 3.63) is 45.3 Å². The van der Waals surface area contributed by atoms with Crippen LogP contribution in [0.1, 0.15) is 5.56 Å². The molecule has 12 heteroatoms. The fourth-order valence-electron chi connectivity index (χ4n) is 3.12. The van der Waals surface area contributed by atoms with Crippen molar-refractivity contribution >= 4 is 27.6 Å². The van der Waals surface area contributed by atoms with Gasteiger partial charge in [-0.2, -0.15) is 9.97 Å². The quantitative estimate of drug-likeness (QED) is 0.426. The molecule has 2 aromatic heterocycles. The molecule has 3 aromatic rings. The summed E-state index contributed by atoms with van der Waals surface area (Å²) in [7, 11) is 0. The van der Waals surface area contributed by atoms with Gasteiger partial charge < -0.3 is 30.5 Å². The number of anilines is 1. The predicted octanol–water partition coefficient (Wildman–Crippen LogP) is -0.450. The highest BCUT2D eigenvalue weighted by molar-refractivity contribution is 7.16. The molecule has 1 fully saturated rings. The normalized spacial score (nSPS) is 24.3. The first-order valence-corrected chi connectivity index (χ1v) is 9.35. The van der Waals surface area contributed by atoms with Gasteiger partial charge in [0.2, 0.25) is 11.8 Å². The van der Waals surface area contributed by atoms with E-state index in [1.54, 1.807) is 0 Å². The van der Waals surface area contributed by atoms with E-state index in [0.29, 0.717) is 16.9 Å². The van der Waals surface area contributed by atoms with Gasteiger partial charge >= 0.3 is 4.87 Å². The fourth-order valence-corrected chi connectivity index (χ4v) is 4.05. The highest BCUT2D eigenvalue weighted by Crippen LogP contribution is 2.34. The standard InChI is InChI=1S/C17H17FN4O6S/c18-9-3-1-8(2-4-9)6-27-14-11-13(20-15(19)21-14)22(16(25)29-11)17(26)7-28-10(5-23)12(17)24/h1-4,10,12,23-24,26H,5-7H2,(H2,19,20,21)/t10-,12-,17-/m1/s1. The van der Waals surface area contributed by atoms with Crippen LogP contribution in [0.5, 0.6) is 5.88 Å². The van der Waals surface area contributed by atoms with Crippen LogP contribution in [0, 0.1) is 5.82 Å². The van der Waals surface area contributed by atoms with Crippen molar-refractivity contribution in [1.29, 1.82) is 0 Å². The topological polar surface area (TPSA) is 153 Å². The van der Waals surface area contributed by atoms with Crippen molar-refractivity contribution in [2.45, 2.75) is 24.5 Å². The second kappa shape index (κ2) is 7.31. The van der Waals surface area contributed by atoms with E-state index in [0.717, 1.165) is 4.57 Å². The van der Waals surface area contributed by atoms with Crippen LogP contribution in [0.25, 0.3) is 10.3 Å². The van der Waals surface area contributed by atoms with E-state index in [9.17, 15) is 24.5 Å². The Bertz CT molecular complexity index is 1100. The molecule has 3 atom stereocenters. The third-order valence-corrected chi connectivity index (χ3v) is 5.53. The number of fused-ring (bicyclic) bond motifs is 1. The van der Waals surface area contributed by atoms with Gasteiger partial charge in [0.1, 0.15) is 29.3 Å². The highest BCUT2D eigenvalue weighted by atomic mass is 32.1. The molecule has 5 N–H and O–H groups in total. The smallest absolute Gasteiger partial charge is 0.312 e. The third kappa shape index (κ3) is 3.34. The van der Waals surface area contributed by atoms with Crippen molar-refractivity contribution in [1.82, 2.24) is 14.5 Å². The maximum atomic E-state index is 13.0. The summed E-state index contributed by atoms with van der Waals surface area (Å²) in [6.07, 6.45) is -2.63. The molecule has 29 heavy (non-hydrogen) atoms. The molecular weight excluding hydrogens is 407 g/mol. The molecule has 0 spiro atoms. The minimum Gasteiger partial charge on any atom is -0.472 e. The molecule has 4 rings (SSSR count). The number of nitrogens with two attached hydrogens (primary N) is 1. The van der Waals surface area contributed by atoms with Crippen molar-refractivity contribution in [3.63, 3.8) is 0 Å². The average molecular weight is 424 g/mol. The number of aliphatic hydroxyl groups is 3. The summed E-state index contributed by atoms with van der Waals surface area (Å²) in [5.41, 5.74) is 4.23. The van der Waals surface area contributed by atoms with Gasteiger partial charge in [0.15, 0.2) is 11.4 Å². The molecule has 1 saturated heterocycles. The van der Waals surface area contributed by atoms with E-state index < -0.39 is 36.0 Å². The summed E-state index contributed by atoms with van der Waals surface area (Å²) in [5, 5.41) is 30.5. The number of aromatic nitrogens is 3. The Hall–Kier alpha value is -2.64. The monoisotopic (exact) mass is 424 g/mol. The maximum Gasteiger partial charge on any atom is 0.312 e. The lowest BCUT2D eigenvalue weighted by Crippen LogP contribution is -2.50. The van der Waals surface area contributed by atoms with Gasteiger partial charge in [-0.05, 0) is 17.7 Å². The summed E-state index contributed by atoms with van der Waals surface area (Å²) in [6, 6.07) is 5.64. The van der Waals surface area contributed by atoms with Crippen molar-refractivity contribution in [2.75, 3.05) is 18.9 Å². The molecule has 3 heterocycles. The molecule has 0 bridgehead atoms. The van der Waals surface area contributed by atoms with E-state index in [1.165, 1.54) is 24.3 Å². The van der Waals surface area contributed by atoms with Crippen molar-refractivity contribution in [3.8, 4) is 5.88 Å². The van der Waals surface area contributed by atoms with Gasteiger partial charge in [0.25, 0.3) is 0 Å². The number of benzene rings is 1. The number of thiazole rings is 1. The number of nitrogens with zero attached hydrogens (tertiary/aromatic N) is 3. The zero-order chi connectivity index (χ0) is 20.8. The second-order valence-corrected chi connectivity index (χ2v) is 7.48. The zero-order valence-electron chi connectivity index (χ0n) is 14.9. The average Bonchev–Trinajstić information content (AvgIpc) is 3.17. The number of hydrogen-bond acceptors (Lipinski definition) is 10. The predicted molar refractivity (Wildman–Crippen MR) is 99.8 cm³/mol. The fraction of sp³-hybridized carbons (Fsp3) is 0.353. The Morgan fingerprint density at radius 2 is 2.10 bits per heavy atom. The van der Waals surface area contributed by atoms with E-state index in [4.69, 9.17) is 15.2 Å².